The zero-order valence-electron chi connectivity index (χ0n) is 30.9. The number of fused-ring (bicyclic) bond motifs is 2. The molecule has 14 nitrogen and oxygen atoms in total. The Hall–Kier alpha value is -5.18. The van der Waals surface area contributed by atoms with Gasteiger partial charge in [0.1, 0.15) is 11.9 Å². The molecule has 6 heterocycles. The van der Waals surface area contributed by atoms with Crippen molar-refractivity contribution in [2.24, 2.45) is 4.99 Å². The maximum atomic E-state index is 13.3. The van der Waals surface area contributed by atoms with E-state index in [1.54, 1.807) is 12.1 Å². The molecule has 54 heavy (non-hydrogen) atoms. The van der Waals surface area contributed by atoms with E-state index in [9.17, 15) is 19.2 Å². The number of anilines is 3. The van der Waals surface area contributed by atoms with E-state index in [-0.39, 0.29) is 18.7 Å². The van der Waals surface area contributed by atoms with Gasteiger partial charge in [-0.3, -0.25) is 44.2 Å². The third kappa shape index (κ3) is 6.96. The van der Waals surface area contributed by atoms with Crippen LogP contribution in [0.3, 0.4) is 0 Å². The van der Waals surface area contributed by atoms with Crippen molar-refractivity contribution < 1.29 is 23.9 Å². The molecule has 0 bridgehead atoms. The van der Waals surface area contributed by atoms with Gasteiger partial charge < -0.3 is 20.3 Å². The lowest BCUT2D eigenvalue weighted by molar-refractivity contribution is -0.136. The first-order chi connectivity index (χ1) is 26.1. The fourth-order valence-electron chi connectivity index (χ4n) is 8.52. The summed E-state index contributed by atoms with van der Waals surface area (Å²) in [5, 5.41) is 2.24. The smallest absolute Gasteiger partial charge is 0.262 e. The summed E-state index contributed by atoms with van der Waals surface area (Å²) in [5.41, 5.74) is 12.7. The Labute approximate surface area is 314 Å². The van der Waals surface area contributed by atoms with Crippen molar-refractivity contribution >= 4 is 46.5 Å². The molecule has 1 aromatic heterocycles. The third-order valence-corrected chi connectivity index (χ3v) is 11.4. The maximum absolute atomic E-state index is 13.3. The van der Waals surface area contributed by atoms with Crippen LogP contribution in [0, 0.1) is 0 Å². The Morgan fingerprint density at radius 2 is 1.59 bits per heavy atom. The van der Waals surface area contributed by atoms with Gasteiger partial charge in [0.2, 0.25) is 11.8 Å². The zero-order chi connectivity index (χ0) is 37.5. The van der Waals surface area contributed by atoms with E-state index in [1.807, 2.05) is 30.5 Å². The number of hydrogen-bond donors (Lipinski definition) is 2. The number of rotatable bonds is 10. The number of benzene rings is 2. The summed E-state index contributed by atoms with van der Waals surface area (Å²) in [5.74, 6) is -0.990. The van der Waals surface area contributed by atoms with Gasteiger partial charge in [-0.25, -0.2) is 4.98 Å². The van der Waals surface area contributed by atoms with E-state index in [4.69, 9.17) is 20.4 Å². The molecule has 5 aliphatic rings. The lowest BCUT2D eigenvalue weighted by Gasteiger charge is -2.45. The molecule has 4 amide bonds. The molecule has 3 aromatic rings. The molecule has 3 N–H and O–H groups in total. The Kier molecular flexibility index (Phi) is 9.90. The number of ether oxygens (including phenoxy) is 1. The van der Waals surface area contributed by atoms with E-state index < -0.39 is 23.8 Å². The molecule has 0 saturated carbocycles. The number of nitrogen functional groups attached to an aromatic ring is 1. The van der Waals surface area contributed by atoms with Crippen LogP contribution in [0.5, 0.6) is 0 Å². The van der Waals surface area contributed by atoms with Crippen LogP contribution in [0.1, 0.15) is 64.1 Å². The number of aliphatic imine (C=N–C) groups is 1. The van der Waals surface area contributed by atoms with E-state index >= 15 is 0 Å². The molecular formula is C40H47N9O5. The standard InChI is InChI=1S/C40H47N9O5/c1-25-23-47(35-19-27(9-10-42-35)37-32-20-29(41)4-3-28(32)22-43-37)24-26(2)48(25)16-18-54-17-15-45-11-13-46(14-12-45)30-5-6-31-33(21-30)40(53)49(39(31)52)34-7-8-36(50)44-38(34)51/h3-6,9-10,19-21,25-26,34H,7-8,11-18,22-24,41H2,1-2H3,(H,44,50,51)/t25-,26+,34?. The van der Waals surface area contributed by atoms with Crippen LogP contribution in [-0.2, 0) is 20.9 Å². The molecule has 1 unspecified atom stereocenters. The second-order valence-electron chi connectivity index (χ2n) is 14.9. The van der Waals surface area contributed by atoms with Crippen LogP contribution >= 0.6 is 0 Å². The normalized spacial score (nSPS) is 23.5. The van der Waals surface area contributed by atoms with E-state index in [1.165, 1.54) is 5.56 Å². The van der Waals surface area contributed by atoms with E-state index in [2.05, 4.69) is 50.9 Å². The largest absolute Gasteiger partial charge is 0.399 e. The lowest BCUT2D eigenvalue weighted by Crippen LogP contribution is -2.57. The first-order valence-corrected chi connectivity index (χ1v) is 19.0. The number of piperazine rings is 2. The summed E-state index contributed by atoms with van der Waals surface area (Å²) < 4.78 is 6.15. The Balaban J connectivity index is 0.772. The second kappa shape index (κ2) is 14.9. The summed E-state index contributed by atoms with van der Waals surface area (Å²) in [7, 11) is 0. The zero-order valence-corrected chi connectivity index (χ0v) is 30.9. The highest BCUT2D eigenvalue weighted by molar-refractivity contribution is 6.23. The summed E-state index contributed by atoms with van der Waals surface area (Å²) in [4.78, 5) is 70.4. The summed E-state index contributed by atoms with van der Waals surface area (Å²) in [6.07, 6.45) is 2.12. The van der Waals surface area contributed by atoms with Crippen molar-refractivity contribution in [2.45, 2.75) is 51.4 Å². The minimum atomic E-state index is -0.966. The van der Waals surface area contributed by atoms with E-state index in [0.717, 1.165) is 91.3 Å². The third-order valence-electron chi connectivity index (χ3n) is 11.4. The van der Waals surface area contributed by atoms with Gasteiger partial charge in [-0.05, 0) is 68.3 Å². The lowest BCUT2D eigenvalue weighted by atomic mass is 10.00. The molecule has 8 rings (SSSR count). The second-order valence-corrected chi connectivity index (χ2v) is 14.9. The van der Waals surface area contributed by atoms with Gasteiger partial charge in [0, 0.05) is 99.6 Å². The number of imide groups is 2. The number of carbonyl (C=O) groups excluding carboxylic acids is 4. The predicted octanol–water partition coefficient (Wildman–Crippen LogP) is 2.15. The van der Waals surface area contributed by atoms with Crippen LogP contribution in [0.15, 0.2) is 59.7 Å². The highest BCUT2D eigenvalue weighted by Crippen LogP contribution is 2.32. The summed E-state index contributed by atoms with van der Waals surface area (Å²) in [6.45, 7) is 13.3. The Morgan fingerprint density at radius 3 is 2.37 bits per heavy atom. The minimum Gasteiger partial charge on any atom is -0.399 e. The molecule has 3 atom stereocenters. The molecule has 282 valence electrons. The van der Waals surface area contributed by atoms with Crippen LogP contribution < -0.4 is 20.9 Å². The van der Waals surface area contributed by atoms with Gasteiger partial charge in [0.15, 0.2) is 0 Å². The highest BCUT2D eigenvalue weighted by Gasteiger charge is 2.45. The number of amides is 4. The molecule has 2 aromatic carbocycles. The van der Waals surface area contributed by atoms with Gasteiger partial charge >= 0.3 is 0 Å². The molecule has 0 radical (unpaired) electrons. The van der Waals surface area contributed by atoms with Crippen molar-refractivity contribution in [3.05, 3.63) is 82.5 Å². The van der Waals surface area contributed by atoms with E-state index in [0.29, 0.717) is 43.0 Å². The molecule has 0 aliphatic carbocycles. The molecule has 3 saturated heterocycles. The van der Waals surface area contributed by atoms with Crippen molar-refractivity contribution in [2.75, 3.05) is 81.1 Å². The first kappa shape index (κ1) is 35.8. The Bertz CT molecular complexity index is 2000. The SMILES string of the molecule is C[C@@H]1CN(c2cc(C3=NCc4ccc(N)cc43)ccn2)C[C@H](C)N1CCOCCN1CCN(c2ccc3c(c2)C(=O)N(C2CCC(=O)NC2=O)C3=O)CC1. The summed E-state index contributed by atoms with van der Waals surface area (Å²) >= 11 is 0. The van der Waals surface area contributed by atoms with Gasteiger partial charge in [-0.2, -0.15) is 0 Å². The molecule has 14 heteroatoms. The number of piperidine rings is 1. The number of nitrogens with two attached hydrogens (primary N) is 1. The van der Waals surface area contributed by atoms with Crippen molar-refractivity contribution in [1.82, 2.24) is 25.0 Å². The number of nitrogens with one attached hydrogen (secondary N) is 1. The molecule has 3 fully saturated rings. The van der Waals surface area contributed by atoms with Gasteiger partial charge in [-0.15, -0.1) is 0 Å². The van der Waals surface area contributed by atoms with Crippen LogP contribution in [-0.4, -0.2) is 133 Å². The predicted molar refractivity (Wildman–Crippen MR) is 205 cm³/mol. The van der Waals surface area contributed by atoms with Gasteiger partial charge in [-0.1, -0.05) is 6.07 Å². The highest BCUT2D eigenvalue weighted by atomic mass is 16.5. The Morgan fingerprint density at radius 1 is 0.833 bits per heavy atom. The van der Waals surface area contributed by atoms with Crippen LogP contribution in [0.25, 0.3) is 0 Å². The van der Waals surface area contributed by atoms with Crippen LogP contribution in [0.2, 0.25) is 0 Å². The topological polar surface area (TPSA) is 157 Å². The average molecular weight is 734 g/mol. The minimum absolute atomic E-state index is 0.0971. The van der Waals surface area contributed by atoms with Crippen molar-refractivity contribution in [3.8, 4) is 0 Å². The summed E-state index contributed by atoms with van der Waals surface area (Å²) in [6, 6.07) is 15.2. The van der Waals surface area contributed by atoms with Gasteiger partial charge in [0.25, 0.3) is 11.8 Å². The molecule has 0 spiro atoms. The monoisotopic (exact) mass is 733 g/mol. The first-order valence-electron chi connectivity index (χ1n) is 19.0. The molecule has 5 aliphatic heterocycles. The number of hydrogen-bond acceptors (Lipinski definition) is 12. The fourth-order valence-corrected chi connectivity index (χ4v) is 8.52. The van der Waals surface area contributed by atoms with Crippen molar-refractivity contribution in [1.29, 1.82) is 0 Å². The number of carbonyl (C=O) groups is 4. The fraction of sp³-hybridized carbons (Fsp3) is 0.450. The maximum Gasteiger partial charge on any atom is 0.262 e. The average Bonchev–Trinajstić information content (AvgIpc) is 3.69. The van der Waals surface area contributed by atoms with Gasteiger partial charge in [0.05, 0.1) is 36.6 Å². The molecular weight excluding hydrogens is 686 g/mol. The quantitative estimate of drug-likeness (QED) is 0.179. The number of pyridine rings is 1. The van der Waals surface area contributed by atoms with Crippen molar-refractivity contribution in [3.63, 3.8) is 0 Å². The number of nitrogens with zero attached hydrogens (tertiary/aromatic N) is 7. The number of aromatic nitrogens is 1. The van der Waals surface area contributed by atoms with Crippen LogP contribution in [0.4, 0.5) is 17.2 Å².